The zero-order valence-electron chi connectivity index (χ0n) is 13.8. The van der Waals surface area contributed by atoms with Gasteiger partial charge in [-0.05, 0) is 24.3 Å². The fourth-order valence-corrected chi connectivity index (χ4v) is 4.41. The summed E-state index contributed by atoms with van der Waals surface area (Å²) in [5.41, 5.74) is 0.570. The third-order valence-corrected chi connectivity index (χ3v) is 6.48. The number of carbonyl (C=O) groups is 1. The average molecular weight is 371 g/mol. The van der Waals surface area contributed by atoms with Gasteiger partial charge in [-0.25, -0.2) is 8.42 Å². The minimum absolute atomic E-state index is 0.157. The van der Waals surface area contributed by atoms with Crippen LogP contribution >= 0.6 is 11.8 Å². The third kappa shape index (κ3) is 4.71. The highest BCUT2D eigenvalue weighted by molar-refractivity contribution is 8.14. The molecule has 0 radical (unpaired) electrons. The molecule has 9 heteroatoms. The van der Waals surface area contributed by atoms with Gasteiger partial charge < -0.3 is 10.6 Å². The van der Waals surface area contributed by atoms with Crippen LogP contribution in [0.25, 0.3) is 0 Å². The number of nitrogens with zero attached hydrogens (tertiary/aromatic N) is 2. The lowest BCUT2D eigenvalue weighted by Gasteiger charge is -2.18. The number of sulfonamides is 1. The Kier molecular flexibility index (Phi) is 6.64. The maximum absolute atomic E-state index is 12.4. The van der Waals surface area contributed by atoms with Crippen LogP contribution in [-0.4, -0.2) is 55.7 Å². The Labute approximate surface area is 147 Å². The molecule has 1 aliphatic heterocycles. The molecule has 0 unspecified atom stereocenters. The van der Waals surface area contributed by atoms with E-state index >= 15 is 0 Å². The Bertz CT molecular complexity index is 698. The number of carbonyl (C=O) groups excluding carboxylic acids is 1. The second kappa shape index (κ2) is 8.50. The number of nitrogens with one attached hydrogen (secondary N) is 2. The van der Waals surface area contributed by atoms with Crippen molar-refractivity contribution in [1.29, 1.82) is 0 Å². The monoisotopic (exact) mass is 370 g/mol. The molecule has 1 aliphatic rings. The van der Waals surface area contributed by atoms with E-state index in [2.05, 4.69) is 15.6 Å². The van der Waals surface area contributed by atoms with Crippen molar-refractivity contribution >= 4 is 38.5 Å². The van der Waals surface area contributed by atoms with Gasteiger partial charge in [-0.15, -0.1) is 0 Å². The number of benzene rings is 1. The summed E-state index contributed by atoms with van der Waals surface area (Å²) in [4.78, 5) is 16.3. The van der Waals surface area contributed by atoms with E-state index in [0.717, 1.165) is 18.3 Å². The number of anilines is 1. The zero-order chi connectivity index (χ0) is 17.6. The summed E-state index contributed by atoms with van der Waals surface area (Å²) in [5.74, 6) is 0.0986. The van der Waals surface area contributed by atoms with E-state index in [1.54, 1.807) is 26.0 Å². The number of aliphatic imine (C=N–C) groups is 1. The Hall–Kier alpha value is -1.58. The van der Waals surface area contributed by atoms with Gasteiger partial charge in [0, 0.05) is 25.3 Å². The maximum atomic E-state index is 12.4. The van der Waals surface area contributed by atoms with E-state index in [4.69, 9.17) is 0 Å². The molecule has 132 valence electrons. The van der Waals surface area contributed by atoms with Gasteiger partial charge in [-0.3, -0.25) is 9.79 Å². The van der Waals surface area contributed by atoms with Gasteiger partial charge in [0.2, 0.25) is 15.9 Å². The van der Waals surface area contributed by atoms with Gasteiger partial charge >= 0.3 is 0 Å². The average Bonchev–Trinajstić information content (AvgIpc) is 3.08. The summed E-state index contributed by atoms with van der Waals surface area (Å²) >= 11 is 1.35. The van der Waals surface area contributed by atoms with Crippen LogP contribution in [0.1, 0.15) is 13.8 Å². The fraction of sp³-hybridized carbons (Fsp3) is 0.467. The van der Waals surface area contributed by atoms with E-state index in [9.17, 15) is 13.2 Å². The largest absolute Gasteiger partial charge is 0.363 e. The molecule has 2 rings (SSSR count). The van der Waals surface area contributed by atoms with Crippen LogP contribution in [0.5, 0.6) is 0 Å². The molecule has 0 atom stereocenters. The molecule has 1 amide bonds. The minimum atomic E-state index is -3.48. The van der Waals surface area contributed by atoms with Crippen LogP contribution in [0.15, 0.2) is 34.2 Å². The summed E-state index contributed by atoms with van der Waals surface area (Å²) in [6.45, 7) is 6.01. The molecule has 0 bridgehead atoms. The topological polar surface area (TPSA) is 90.9 Å². The fourth-order valence-electron chi connectivity index (χ4n) is 2.23. The molecule has 0 fully saturated rings. The van der Waals surface area contributed by atoms with Crippen LogP contribution in [0.2, 0.25) is 0 Å². The highest BCUT2D eigenvalue weighted by Crippen LogP contribution is 2.18. The van der Waals surface area contributed by atoms with Gasteiger partial charge in [0.05, 0.1) is 17.2 Å². The smallest absolute Gasteiger partial charge is 0.243 e. The highest BCUT2D eigenvalue weighted by atomic mass is 32.2. The van der Waals surface area contributed by atoms with Gasteiger partial charge in [-0.1, -0.05) is 25.6 Å². The number of amidine groups is 1. The van der Waals surface area contributed by atoms with Crippen LogP contribution < -0.4 is 10.6 Å². The number of hydrogen-bond donors (Lipinski definition) is 2. The molecule has 0 spiro atoms. The summed E-state index contributed by atoms with van der Waals surface area (Å²) in [5, 5.41) is 6.62. The standard InChI is InChI=1S/C15H22N4O3S2/c1-3-19(4-2)24(21,22)13-7-5-12(6-8-13)18-14(20)11-23-15-16-9-10-17-15/h5-8H,3-4,9-11H2,1-2H3,(H,16,17)(H,18,20). The molecule has 24 heavy (non-hydrogen) atoms. The van der Waals surface area contributed by atoms with Crippen LogP contribution in [0.3, 0.4) is 0 Å². The molecular weight excluding hydrogens is 348 g/mol. The lowest BCUT2D eigenvalue weighted by molar-refractivity contribution is -0.113. The second-order valence-corrected chi connectivity index (χ2v) is 7.97. The molecule has 1 heterocycles. The summed E-state index contributed by atoms with van der Waals surface area (Å²) in [6, 6.07) is 6.23. The predicted octanol–water partition coefficient (Wildman–Crippen LogP) is 1.35. The molecule has 7 nitrogen and oxygen atoms in total. The summed E-state index contributed by atoms with van der Waals surface area (Å²) in [7, 11) is -3.48. The first kappa shape index (κ1) is 18.8. The van der Waals surface area contributed by atoms with Crippen molar-refractivity contribution in [2.24, 2.45) is 4.99 Å². The van der Waals surface area contributed by atoms with Gasteiger partial charge in [0.1, 0.15) is 0 Å². The first-order valence-electron chi connectivity index (χ1n) is 7.78. The Morgan fingerprint density at radius 2 is 1.96 bits per heavy atom. The lowest BCUT2D eigenvalue weighted by atomic mass is 10.3. The minimum Gasteiger partial charge on any atom is -0.363 e. The Morgan fingerprint density at radius 1 is 1.29 bits per heavy atom. The molecule has 2 N–H and O–H groups in total. The molecule has 1 aromatic carbocycles. The van der Waals surface area contributed by atoms with E-state index in [1.165, 1.54) is 28.2 Å². The lowest BCUT2D eigenvalue weighted by Crippen LogP contribution is -2.30. The Balaban J connectivity index is 1.95. The van der Waals surface area contributed by atoms with E-state index in [1.807, 2.05) is 0 Å². The first-order chi connectivity index (χ1) is 11.5. The maximum Gasteiger partial charge on any atom is 0.243 e. The second-order valence-electron chi connectivity index (χ2n) is 5.06. The molecular formula is C15H22N4O3S2. The normalized spacial score (nSPS) is 14.4. The van der Waals surface area contributed by atoms with Crippen LogP contribution in [-0.2, 0) is 14.8 Å². The summed E-state index contributed by atoms with van der Waals surface area (Å²) < 4.78 is 26.2. The quantitative estimate of drug-likeness (QED) is 0.756. The van der Waals surface area contributed by atoms with Gasteiger partial charge in [0.15, 0.2) is 5.17 Å². The molecule has 0 aromatic heterocycles. The van der Waals surface area contributed by atoms with Gasteiger partial charge in [-0.2, -0.15) is 4.31 Å². The predicted molar refractivity (Wildman–Crippen MR) is 97.9 cm³/mol. The van der Waals surface area contributed by atoms with Gasteiger partial charge in [0.25, 0.3) is 0 Å². The first-order valence-corrected chi connectivity index (χ1v) is 10.2. The third-order valence-electron chi connectivity index (χ3n) is 3.46. The summed E-state index contributed by atoms with van der Waals surface area (Å²) in [6.07, 6.45) is 0. The number of thioether (sulfide) groups is 1. The van der Waals surface area contributed by atoms with E-state index in [0.29, 0.717) is 18.8 Å². The molecule has 1 aromatic rings. The molecule has 0 aliphatic carbocycles. The van der Waals surface area contributed by atoms with Crippen molar-refractivity contribution in [3.8, 4) is 0 Å². The SMILES string of the molecule is CCN(CC)S(=O)(=O)c1ccc(NC(=O)CSC2=NCCN2)cc1. The van der Waals surface area contributed by atoms with Crippen molar-refractivity contribution in [2.75, 3.05) is 37.2 Å². The number of amides is 1. The highest BCUT2D eigenvalue weighted by Gasteiger charge is 2.21. The van der Waals surface area contributed by atoms with Crippen molar-refractivity contribution in [3.05, 3.63) is 24.3 Å². The number of hydrogen-bond acceptors (Lipinski definition) is 6. The van der Waals surface area contributed by atoms with Crippen molar-refractivity contribution in [1.82, 2.24) is 9.62 Å². The van der Waals surface area contributed by atoms with Crippen LogP contribution in [0, 0.1) is 0 Å². The molecule has 0 saturated heterocycles. The van der Waals surface area contributed by atoms with Crippen molar-refractivity contribution < 1.29 is 13.2 Å². The van der Waals surface area contributed by atoms with Crippen molar-refractivity contribution in [3.63, 3.8) is 0 Å². The Morgan fingerprint density at radius 3 is 2.50 bits per heavy atom. The van der Waals surface area contributed by atoms with E-state index in [-0.39, 0.29) is 16.6 Å². The zero-order valence-corrected chi connectivity index (χ0v) is 15.4. The van der Waals surface area contributed by atoms with Crippen molar-refractivity contribution in [2.45, 2.75) is 18.7 Å². The number of rotatable bonds is 7. The molecule has 0 saturated carbocycles. The van der Waals surface area contributed by atoms with Crippen LogP contribution in [0.4, 0.5) is 5.69 Å². The van der Waals surface area contributed by atoms with E-state index < -0.39 is 10.0 Å².